The molecule has 0 aliphatic heterocycles. The molecule has 0 saturated heterocycles. The van der Waals surface area contributed by atoms with Crippen LogP contribution in [0.1, 0.15) is 55.6 Å². The van der Waals surface area contributed by atoms with Gasteiger partial charge in [0.2, 0.25) is 5.91 Å². The van der Waals surface area contributed by atoms with E-state index in [2.05, 4.69) is 22.8 Å². The number of rotatable bonds is 6. The lowest BCUT2D eigenvalue weighted by Crippen LogP contribution is -2.33. The molecule has 2 aromatic rings. The zero-order valence-corrected chi connectivity index (χ0v) is 17.5. The first-order valence-electron chi connectivity index (χ1n) is 9.37. The summed E-state index contributed by atoms with van der Waals surface area (Å²) in [6.45, 7) is 1.71. The van der Waals surface area contributed by atoms with Gasteiger partial charge in [-0.3, -0.25) is 4.79 Å². The number of esters is 2. The summed E-state index contributed by atoms with van der Waals surface area (Å²) in [5.41, 5.74) is 3.13. The molecule has 0 bridgehead atoms. The number of carbonyl (C=O) groups excluding carboxylic acids is 3. The third-order valence-electron chi connectivity index (χ3n) is 5.04. The highest BCUT2D eigenvalue weighted by Crippen LogP contribution is 2.34. The smallest absolute Gasteiger partial charge is 0.348 e. The first-order valence-corrected chi connectivity index (χ1v) is 10.2. The number of fused-ring (bicyclic) bond motifs is 1. The molecule has 1 aromatic carbocycles. The number of aryl methyl sites for hydroxylation is 1. The Hall–Kier alpha value is -2.71. The summed E-state index contributed by atoms with van der Waals surface area (Å²) in [4.78, 5) is 36.9. The molecule has 1 aliphatic rings. The lowest BCUT2D eigenvalue weighted by Gasteiger charge is -2.26. The number of thiophene rings is 1. The summed E-state index contributed by atoms with van der Waals surface area (Å²) in [7, 11) is 2.52. The molecule has 0 spiro atoms. The highest BCUT2D eigenvalue weighted by molar-refractivity contribution is 7.18. The Bertz CT molecular complexity index is 937. The van der Waals surface area contributed by atoms with Gasteiger partial charge in [-0.1, -0.05) is 24.3 Å². The number of carbonyl (C=O) groups is 3. The molecule has 0 radical (unpaired) electrons. The van der Waals surface area contributed by atoms with Crippen molar-refractivity contribution in [3.63, 3.8) is 0 Å². The van der Waals surface area contributed by atoms with Crippen molar-refractivity contribution in [1.82, 2.24) is 5.32 Å². The van der Waals surface area contributed by atoms with E-state index in [1.54, 1.807) is 6.92 Å². The van der Waals surface area contributed by atoms with Crippen LogP contribution in [0.15, 0.2) is 24.3 Å². The van der Waals surface area contributed by atoms with Crippen LogP contribution in [0.4, 0.5) is 5.00 Å². The third-order valence-corrected chi connectivity index (χ3v) is 6.23. The second-order valence-electron chi connectivity index (χ2n) is 6.82. The standard InChI is InChI=1S/C21H24N2O5S/c1-12-17(20(25)27-2)19(29-18(12)21(26)28-3)23-16(24)11-22-15-10-6-8-13-7-4-5-9-14(13)15/h4-5,7,9,15,22H,6,8,10-11H2,1-3H3,(H,23,24). The van der Waals surface area contributed by atoms with Crippen LogP contribution in [0.2, 0.25) is 0 Å². The summed E-state index contributed by atoms with van der Waals surface area (Å²) < 4.78 is 9.57. The molecular formula is C21H24N2O5S. The van der Waals surface area contributed by atoms with E-state index in [4.69, 9.17) is 9.47 Å². The zero-order chi connectivity index (χ0) is 21.0. The van der Waals surface area contributed by atoms with Crippen LogP contribution in [0.25, 0.3) is 0 Å². The first-order chi connectivity index (χ1) is 14.0. The van der Waals surface area contributed by atoms with E-state index in [0.717, 1.165) is 30.6 Å². The molecule has 7 nitrogen and oxygen atoms in total. The normalized spacial score (nSPS) is 15.3. The molecule has 3 rings (SSSR count). The maximum absolute atomic E-state index is 12.6. The van der Waals surface area contributed by atoms with Crippen molar-refractivity contribution in [2.24, 2.45) is 0 Å². The van der Waals surface area contributed by atoms with Crippen LogP contribution >= 0.6 is 11.3 Å². The van der Waals surface area contributed by atoms with Crippen molar-refractivity contribution in [2.75, 3.05) is 26.1 Å². The minimum Gasteiger partial charge on any atom is -0.465 e. The minimum absolute atomic E-state index is 0.0874. The van der Waals surface area contributed by atoms with Crippen LogP contribution in [0.3, 0.4) is 0 Å². The number of nitrogens with one attached hydrogen (secondary N) is 2. The number of anilines is 1. The van der Waals surface area contributed by atoms with Crippen LogP contribution < -0.4 is 10.6 Å². The van der Waals surface area contributed by atoms with Crippen molar-refractivity contribution < 1.29 is 23.9 Å². The Morgan fingerprint density at radius 1 is 1.14 bits per heavy atom. The molecule has 154 valence electrons. The Kier molecular flexibility index (Phi) is 6.66. The van der Waals surface area contributed by atoms with E-state index < -0.39 is 11.9 Å². The Balaban J connectivity index is 1.72. The number of ether oxygens (including phenoxy) is 2. The lowest BCUT2D eigenvalue weighted by molar-refractivity contribution is -0.115. The van der Waals surface area contributed by atoms with E-state index in [1.165, 1.54) is 25.3 Å². The summed E-state index contributed by atoms with van der Waals surface area (Å²) >= 11 is 1.01. The van der Waals surface area contributed by atoms with Gasteiger partial charge in [-0.05, 0) is 42.9 Å². The molecule has 1 atom stereocenters. The molecule has 0 saturated carbocycles. The van der Waals surface area contributed by atoms with Gasteiger partial charge in [-0.15, -0.1) is 11.3 Å². The van der Waals surface area contributed by atoms with Gasteiger partial charge in [0.15, 0.2) is 0 Å². The fraction of sp³-hybridized carbons (Fsp3) is 0.381. The second-order valence-corrected chi connectivity index (χ2v) is 7.84. The van der Waals surface area contributed by atoms with Crippen molar-refractivity contribution >= 4 is 34.2 Å². The third kappa shape index (κ3) is 4.49. The summed E-state index contributed by atoms with van der Waals surface area (Å²) in [5.74, 6) is -1.47. The average Bonchev–Trinajstić information content (AvgIpc) is 3.06. The molecular weight excluding hydrogens is 392 g/mol. The van der Waals surface area contributed by atoms with Gasteiger partial charge < -0.3 is 20.1 Å². The molecule has 2 N–H and O–H groups in total. The fourth-order valence-electron chi connectivity index (χ4n) is 3.59. The van der Waals surface area contributed by atoms with Crippen LogP contribution in [0.5, 0.6) is 0 Å². The molecule has 8 heteroatoms. The highest BCUT2D eigenvalue weighted by atomic mass is 32.1. The van der Waals surface area contributed by atoms with E-state index in [1.807, 2.05) is 12.1 Å². The maximum atomic E-state index is 12.6. The number of amides is 1. The molecule has 1 unspecified atom stereocenters. The average molecular weight is 416 g/mol. The summed E-state index contributed by atoms with van der Waals surface area (Å²) in [5, 5.41) is 6.32. The minimum atomic E-state index is -0.613. The van der Waals surface area contributed by atoms with Crippen LogP contribution in [-0.4, -0.2) is 38.6 Å². The summed E-state index contributed by atoms with van der Waals surface area (Å²) in [6.07, 6.45) is 3.07. The predicted molar refractivity (Wildman–Crippen MR) is 110 cm³/mol. The Morgan fingerprint density at radius 2 is 1.86 bits per heavy atom. The SMILES string of the molecule is COC(=O)c1sc(NC(=O)CNC2CCCc3ccccc32)c(C(=O)OC)c1C. The topological polar surface area (TPSA) is 93.7 Å². The predicted octanol–water partition coefficient (Wildman–Crippen LogP) is 3.24. The van der Waals surface area contributed by atoms with Gasteiger partial charge in [-0.25, -0.2) is 9.59 Å². The Labute approximate surface area is 173 Å². The number of methoxy groups -OCH3 is 2. The monoisotopic (exact) mass is 416 g/mol. The molecule has 1 heterocycles. The lowest BCUT2D eigenvalue weighted by atomic mass is 9.88. The Morgan fingerprint density at radius 3 is 2.59 bits per heavy atom. The van der Waals surface area contributed by atoms with Crippen molar-refractivity contribution in [2.45, 2.75) is 32.2 Å². The number of hydrogen-bond acceptors (Lipinski definition) is 7. The van der Waals surface area contributed by atoms with Crippen molar-refractivity contribution in [3.05, 3.63) is 51.4 Å². The molecule has 29 heavy (non-hydrogen) atoms. The molecule has 1 aliphatic carbocycles. The van der Waals surface area contributed by atoms with Gasteiger partial charge >= 0.3 is 11.9 Å². The largest absolute Gasteiger partial charge is 0.465 e. The summed E-state index contributed by atoms with van der Waals surface area (Å²) in [6, 6.07) is 8.35. The zero-order valence-electron chi connectivity index (χ0n) is 16.7. The van der Waals surface area contributed by atoms with Gasteiger partial charge in [0.25, 0.3) is 0 Å². The van der Waals surface area contributed by atoms with Gasteiger partial charge in [0.05, 0.1) is 26.3 Å². The van der Waals surface area contributed by atoms with Crippen molar-refractivity contribution in [3.8, 4) is 0 Å². The van der Waals surface area contributed by atoms with Crippen LogP contribution in [0, 0.1) is 6.92 Å². The van der Waals surface area contributed by atoms with Crippen molar-refractivity contribution in [1.29, 1.82) is 0 Å². The van der Waals surface area contributed by atoms with E-state index in [0.29, 0.717) is 5.56 Å². The van der Waals surface area contributed by atoms with E-state index >= 15 is 0 Å². The quantitative estimate of drug-likeness (QED) is 0.702. The van der Waals surface area contributed by atoms with E-state index in [9.17, 15) is 14.4 Å². The molecule has 0 fully saturated rings. The molecule has 1 aromatic heterocycles. The molecule has 1 amide bonds. The van der Waals surface area contributed by atoms with Gasteiger partial charge in [-0.2, -0.15) is 0 Å². The van der Waals surface area contributed by atoms with Gasteiger partial charge in [0.1, 0.15) is 9.88 Å². The number of benzene rings is 1. The fourth-order valence-corrected chi connectivity index (χ4v) is 4.72. The number of hydrogen-bond donors (Lipinski definition) is 2. The highest BCUT2D eigenvalue weighted by Gasteiger charge is 2.27. The van der Waals surface area contributed by atoms with Gasteiger partial charge in [0, 0.05) is 6.04 Å². The maximum Gasteiger partial charge on any atom is 0.348 e. The second kappa shape index (κ2) is 9.19. The van der Waals surface area contributed by atoms with Crippen LogP contribution in [-0.2, 0) is 20.7 Å². The van der Waals surface area contributed by atoms with E-state index in [-0.39, 0.29) is 33.9 Å². The first kappa shape index (κ1) is 21.0.